The van der Waals surface area contributed by atoms with E-state index in [0.717, 1.165) is 0 Å². The van der Waals surface area contributed by atoms with Gasteiger partial charge in [-0.25, -0.2) is 9.78 Å². The smallest absolute Gasteiger partial charge is 0.410 e. The van der Waals surface area contributed by atoms with Crippen molar-refractivity contribution < 1.29 is 19.1 Å². The lowest BCUT2D eigenvalue weighted by atomic mass is 10.1. The summed E-state index contributed by atoms with van der Waals surface area (Å²) in [5.41, 5.74) is -0.231. The number of amides is 1. The molecule has 0 aliphatic rings. The van der Waals surface area contributed by atoms with Crippen LogP contribution in [0.2, 0.25) is 5.02 Å². The molecule has 0 aliphatic heterocycles. The summed E-state index contributed by atoms with van der Waals surface area (Å²) in [5.74, 6) is 0.304. The molecule has 6 nitrogen and oxygen atoms in total. The number of carbonyl (C=O) groups excluding carboxylic acids is 2. The van der Waals surface area contributed by atoms with Gasteiger partial charge in [-0.15, -0.1) is 0 Å². The van der Waals surface area contributed by atoms with Gasteiger partial charge in [-0.2, -0.15) is 0 Å². The Morgan fingerprint density at radius 2 is 2.10 bits per heavy atom. The number of likely N-dealkylation sites (N-methyl/N-ethyl adjacent to an activating group) is 1. The van der Waals surface area contributed by atoms with Crippen LogP contribution in [-0.4, -0.2) is 42.0 Å². The van der Waals surface area contributed by atoms with Crippen molar-refractivity contribution in [3.8, 4) is 5.88 Å². The Kier molecular flexibility index (Phi) is 5.54. The molecule has 21 heavy (non-hydrogen) atoms. The average molecular weight is 315 g/mol. The molecule has 116 valence electrons. The molecule has 1 heterocycles. The fraction of sp³-hybridized carbons (Fsp3) is 0.500. The molecule has 0 N–H and O–H groups in total. The first-order valence-corrected chi connectivity index (χ1v) is 6.68. The van der Waals surface area contributed by atoms with Gasteiger partial charge in [-0.3, -0.25) is 4.90 Å². The lowest BCUT2D eigenvalue weighted by molar-refractivity contribution is -0.112. The third-order valence-electron chi connectivity index (χ3n) is 2.62. The fourth-order valence-electron chi connectivity index (χ4n) is 1.59. The van der Waals surface area contributed by atoms with Crippen LogP contribution in [0.4, 0.5) is 4.79 Å². The van der Waals surface area contributed by atoms with Gasteiger partial charge >= 0.3 is 6.09 Å². The number of rotatable bonds is 4. The Morgan fingerprint density at radius 3 is 2.57 bits per heavy atom. The molecule has 1 unspecified atom stereocenters. The van der Waals surface area contributed by atoms with Crippen molar-refractivity contribution in [3.05, 3.63) is 22.8 Å². The predicted molar refractivity (Wildman–Crippen MR) is 78.6 cm³/mol. The van der Waals surface area contributed by atoms with E-state index in [4.69, 9.17) is 21.1 Å². The van der Waals surface area contributed by atoms with Crippen LogP contribution in [0.1, 0.15) is 32.4 Å². The Labute approximate surface area is 129 Å². The van der Waals surface area contributed by atoms with E-state index >= 15 is 0 Å². The van der Waals surface area contributed by atoms with Crippen LogP contribution in [0.5, 0.6) is 5.88 Å². The second kappa shape index (κ2) is 6.76. The summed E-state index contributed by atoms with van der Waals surface area (Å²) in [5, 5.41) is 0.267. The molecule has 1 atom stereocenters. The topological polar surface area (TPSA) is 68.7 Å². The number of hydrogen-bond acceptors (Lipinski definition) is 5. The number of aldehydes is 1. The molecule has 0 bridgehead atoms. The van der Waals surface area contributed by atoms with Gasteiger partial charge in [0.2, 0.25) is 5.88 Å². The lowest BCUT2D eigenvalue weighted by Crippen LogP contribution is -2.37. The maximum atomic E-state index is 12.1. The fourth-order valence-corrected chi connectivity index (χ4v) is 1.81. The molecule has 0 spiro atoms. The molecule has 1 amide bonds. The highest BCUT2D eigenvalue weighted by Gasteiger charge is 2.28. The Bertz CT molecular complexity index is 528. The quantitative estimate of drug-likeness (QED) is 0.799. The van der Waals surface area contributed by atoms with Gasteiger partial charge in [0.1, 0.15) is 17.9 Å². The molecular formula is C14H19ClN2O4. The van der Waals surface area contributed by atoms with Crippen LogP contribution in [0.15, 0.2) is 12.3 Å². The molecule has 1 aromatic heterocycles. The Hall–Kier alpha value is -1.82. The molecule has 0 radical (unpaired) electrons. The standard InChI is InChI=1S/C14H19ClN2O4/c1-14(2,3)21-13(19)17(4)11(8-18)9-6-12(20-5)16-7-10(9)15/h6-8,11H,1-5H3. The minimum atomic E-state index is -0.885. The number of ether oxygens (including phenoxy) is 2. The van der Waals surface area contributed by atoms with Gasteiger partial charge < -0.3 is 14.3 Å². The SMILES string of the molecule is COc1cc(C(C=O)N(C)C(=O)OC(C)(C)C)c(Cl)cn1. The number of nitrogens with zero attached hydrogens (tertiary/aromatic N) is 2. The van der Waals surface area contributed by atoms with Crippen LogP contribution in [0, 0.1) is 0 Å². The third kappa shape index (κ3) is 4.60. The average Bonchev–Trinajstić information content (AvgIpc) is 2.39. The van der Waals surface area contributed by atoms with Gasteiger partial charge in [-0.05, 0) is 20.8 Å². The van der Waals surface area contributed by atoms with Crippen molar-refractivity contribution in [1.29, 1.82) is 0 Å². The van der Waals surface area contributed by atoms with E-state index in [0.29, 0.717) is 17.7 Å². The number of aromatic nitrogens is 1. The lowest BCUT2D eigenvalue weighted by Gasteiger charge is -2.28. The maximum Gasteiger partial charge on any atom is 0.410 e. The van der Waals surface area contributed by atoms with E-state index in [2.05, 4.69) is 4.98 Å². The molecule has 1 rings (SSSR count). The summed E-state index contributed by atoms with van der Waals surface area (Å²) in [6.45, 7) is 5.24. The molecule has 1 aromatic rings. The van der Waals surface area contributed by atoms with Gasteiger partial charge in [0.25, 0.3) is 0 Å². The van der Waals surface area contributed by atoms with Crippen LogP contribution in [0.3, 0.4) is 0 Å². The summed E-state index contributed by atoms with van der Waals surface area (Å²) in [6, 6.07) is 0.631. The molecule has 0 saturated carbocycles. The largest absolute Gasteiger partial charge is 0.481 e. The van der Waals surface area contributed by atoms with Gasteiger partial charge in [-0.1, -0.05) is 11.6 Å². The maximum absolute atomic E-state index is 12.1. The van der Waals surface area contributed by atoms with E-state index in [1.54, 1.807) is 20.8 Å². The summed E-state index contributed by atoms with van der Waals surface area (Å²) >= 11 is 6.05. The van der Waals surface area contributed by atoms with Crippen LogP contribution in [0.25, 0.3) is 0 Å². The molecule has 0 aliphatic carbocycles. The summed E-state index contributed by atoms with van der Waals surface area (Å²) in [7, 11) is 2.92. The minimum absolute atomic E-state index is 0.267. The van der Waals surface area contributed by atoms with Crippen LogP contribution < -0.4 is 4.74 Å². The van der Waals surface area contributed by atoms with Crippen molar-refractivity contribution >= 4 is 24.0 Å². The molecular weight excluding hydrogens is 296 g/mol. The number of halogens is 1. The van der Waals surface area contributed by atoms with Crippen LogP contribution >= 0.6 is 11.6 Å². The van der Waals surface area contributed by atoms with Crippen LogP contribution in [-0.2, 0) is 9.53 Å². The van der Waals surface area contributed by atoms with Gasteiger partial charge in [0.05, 0.1) is 12.1 Å². The summed E-state index contributed by atoms with van der Waals surface area (Å²) in [4.78, 5) is 28.6. The number of carbonyl (C=O) groups is 2. The second-order valence-corrected chi connectivity index (χ2v) is 5.83. The minimum Gasteiger partial charge on any atom is -0.481 e. The van der Waals surface area contributed by atoms with E-state index < -0.39 is 17.7 Å². The van der Waals surface area contributed by atoms with Crippen molar-refractivity contribution in [2.24, 2.45) is 0 Å². The highest BCUT2D eigenvalue weighted by molar-refractivity contribution is 6.31. The highest BCUT2D eigenvalue weighted by atomic mass is 35.5. The molecule has 0 saturated heterocycles. The van der Waals surface area contributed by atoms with Crippen molar-refractivity contribution in [3.63, 3.8) is 0 Å². The predicted octanol–water partition coefficient (Wildman–Crippen LogP) is 2.85. The Morgan fingerprint density at radius 1 is 1.48 bits per heavy atom. The Balaban J connectivity index is 3.07. The first-order valence-electron chi connectivity index (χ1n) is 6.30. The molecule has 0 aromatic carbocycles. The number of hydrogen-bond donors (Lipinski definition) is 0. The molecule has 7 heteroatoms. The van der Waals surface area contributed by atoms with E-state index in [9.17, 15) is 9.59 Å². The normalized spacial score (nSPS) is 12.5. The van der Waals surface area contributed by atoms with Crippen molar-refractivity contribution in [1.82, 2.24) is 9.88 Å². The number of pyridine rings is 1. The molecule has 0 fully saturated rings. The monoisotopic (exact) mass is 314 g/mol. The van der Waals surface area contributed by atoms with E-state index in [-0.39, 0.29) is 5.02 Å². The summed E-state index contributed by atoms with van der Waals surface area (Å²) < 4.78 is 10.2. The first-order chi connectivity index (χ1) is 9.69. The zero-order valence-electron chi connectivity index (χ0n) is 12.7. The van der Waals surface area contributed by atoms with E-state index in [1.165, 1.54) is 31.3 Å². The zero-order valence-corrected chi connectivity index (χ0v) is 13.5. The third-order valence-corrected chi connectivity index (χ3v) is 2.93. The van der Waals surface area contributed by atoms with Gasteiger partial charge in [0, 0.05) is 24.9 Å². The number of methoxy groups -OCH3 is 1. The van der Waals surface area contributed by atoms with Crippen molar-refractivity contribution in [2.45, 2.75) is 32.4 Å². The highest BCUT2D eigenvalue weighted by Crippen LogP contribution is 2.28. The van der Waals surface area contributed by atoms with Crippen molar-refractivity contribution in [2.75, 3.05) is 14.2 Å². The van der Waals surface area contributed by atoms with E-state index in [1.807, 2.05) is 0 Å². The summed E-state index contributed by atoms with van der Waals surface area (Å²) in [6.07, 6.45) is 1.37. The second-order valence-electron chi connectivity index (χ2n) is 5.42. The zero-order chi connectivity index (χ0) is 16.2. The first kappa shape index (κ1) is 17.2. The van der Waals surface area contributed by atoms with Gasteiger partial charge in [0.15, 0.2) is 0 Å².